The van der Waals surface area contributed by atoms with Gasteiger partial charge in [-0.15, -0.1) is 0 Å². The Hall–Kier alpha value is -1.76. The normalized spacial score (nSPS) is 10.8. The van der Waals surface area contributed by atoms with E-state index in [4.69, 9.17) is 0 Å². The number of phenolic OH excluding ortho intramolecular Hbond substituents is 1. The number of aryl methyl sites for hydroxylation is 1. The van der Waals surface area contributed by atoms with E-state index in [0.29, 0.717) is 5.75 Å². The van der Waals surface area contributed by atoms with Gasteiger partial charge in [0, 0.05) is 5.56 Å². The van der Waals surface area contributed by atoms with Crippen molar-refractivity contribution in [2.75, 3.05) is 0 Å². The van der Waals surface area contributed by atoms with Gasteiger partial charge >= 0.3 is 0 Å². The lowest BCUT2D eigenvalue weighted by atomic mass is 9.94. The molecule has 0 saturated carbocycles. The largest absolute Gasteiger partial charge is 0.507 e. The number of unbranched alkanes of at least 4 members (excludes halogenated alkanes) is 6. The van der Waals surface area contributed by atoms with Gasteiger partial charge in [0.15, 0.2) is 0 Å². The van der Waals surface area contributed by atoms with E-state index in [0.717, 1.165) is 17.5 Å². The molecule has 0 aliphatic rings. The van der Waals surface area contributed by atoms with Gasteiger partial charge in [0.2, 0.25) is 0 Å². The highest BCUT2D eigenvalue weighted by Gasteiger charge is 2.09. The lowest BCUT2D eigenvalue weighted by molar-refractivity contribution is 0.476. The predicted octanol–water partition coefficient (Wildman–Crippen LogP) is 6.35. The minimum atomic E-state index is 0.395. The molecule has 0 aliphatic heterocycles. The third-order valence-electron chi connectivity index (χ3n) is 4.24. The van der Waals surface area contributed by atoms with E-state index in [1.54, 1.807) is 6.07 Å². The second-order valence-electron chi connectivity index (χ2n) is 6.05. The van der Waals surface area contributed by atoms with Crippen molar-refractivity contribution in [3.63, 3.8) is 0 Å². The molecule has 0 saturated heterocycles. The van der Waals surface area contributed by atoms with Crippen molar-refractivity contribution >= 4 is 0 Å². The SMILES string of the molecule is CCCCCCCCCc1cccc(O)c1-c1ccccc1. The topological polar surface area (TPSA) is 20.2 Å². The molecule has 1 N–H and O–H groups in total. The van der Waals surface area contributed by atoms with E-state index in [1.807, 2.05) is 24.3 Å². The lowest BCUT2D eigenvalue weighted by Crippen LogP contribution is -1.92. The number of hydrogen-bond acceptors (Lipinski definition) is 1. The van der Waals surface area contributed by atoms with E-state index in [2.05, 4.69) is 25.1 Å². The average molecular weight is 296 g/mol. The lowest BCUT2D eigenvalue weighted by Gasteiger charge is -2.12. The number of benzene rings is 2. The van der Waals surface area contributed by atoms with E-state index in [-0.39, 0.29) is 0 Å². The maximum Gasteiger partial charge on any atom is 0.123 e. The van der Waals surface area contributed by atoms with Gasteiger partial charge in [0.1, 0.15) is 5.75 Å². The quantitative estimate of drug-likeness (QED) is 0.534. The summed E-state index contributed by atoms with van der Waals surface area (Å²) in [6.07, 6.45) is 10.3. The number of rotatable bonds is 9. The summed E-state index contributed by atoms with van der Waals surface area (Å²) in [6.45, 7) is 2.26. The summed E-state index contributed by atoms with van der Waals surface area (Å²) >= 11 is 0. The highest BCUT2D eigenvalue weighted by atomic mass is 16.3. The Morgan fingerprint density at radius 2 is 1.41 bits per heavy atom. The molecule has 0 unspecified atom stereocenters. The van der Waals surface area contributed by atoms with Crippen LogP contribution in [0, 0.1) is 0 Å². The summed E-state index contributed by atoms with van der Waals surface area (Å²) in [4.78, 5) is 0. The van der Waals surface area contributed by atoms with E-state index in [1.165, 1.54) is 50.5 Å². The van der Waals surface area contributed by atoms with Gasteiger partial charge < -0.3 is 5.11 Å². The first-order valence-corrected chi connectivity index (χ1v) is 8.69. The van der Waals surface area contributed by atoms with Crippen LogP contribution in [0.25, 0.3) is 11.1 Å². The molecule has 2 aromatic rings. The number of aromatic hydroxyl groups is 1. The second-order valence-corrected chi connectivity index (χ2v) is 6.05. The molecule has 118 valence electrons. The monoisotopic (exact) mass is 296 g/mol. The molecular formula is C21H28O. The molecule has 0 bridgehead atoms. The molecule has 1 nitrogen and oxygen atoms in total. The maximum absolute atomic E-state index is 10.2. The molecule has 0 radical (unpaired) electrons. The molecule has 0 aromatic heterocycles. The molecule has 2 rings (SSSR count). The van der Waals surface area contributed by atoms with Crippen molar-refractivity contribution < 1.29 is 5.11 Å². The van der Waals surface area contributed by atoms with Crippen molar-refractivity contribution in [1.82, 2.24) is 0 Å². The fraction of sp³-hybridized carbons (Fsp3) is 0.429. The van der Waals surface area contributed by atoms with Crippen LogP contribution in [0.15, 0.2) is 48.5 Å². The van der Waals surface area contributed by atoms with E-state index in [9.17, 15) is 5.11 Å². The summed E-state index contributed by atoms with van der Waals surface area (Å²) < 4.78 is 0. The van der Waals surface area contributed by atoms with Crippen LogP contribution < -0.4 is 0 Å². The minimum Gasteiger partial charge on any atom is -0.507 e. The molecule has 0 aliphatic carbocycles. The molecule has 22 heavy (non-hydrogen) atoms. The molecular weight excluding hydrogens is 268 g/mol. The van der Waals surface area contributed by atoms with Crippen molar-refractivity contribution in [2.45, 2.75) is 58.3 Å². The Kier molecular flexibility index (Phi) is 7.02. The summed E-state index contributed by atoms with van der Waals surface area (Å²) in [5, 5.41) is 10.2. The summed E-state index contributed by atoms with van der Waals surface area (Å²) in [6, 6.07) is 16.1. The zero-order chi connectivity index (χ0) is 15.6. The first-order valence-electron chi connectivity index (χ1n) is 8.69. The van der Waals surface area contributed by atoms with Crippen LogP contribution in [0.3, 0.4) is 0 Å². The summed E-state index contributed by atoms with van der Waals surface area (Å²) in [5.74, 6) is 0.395. The van der Waals surface area contributed by atoms with Gasteiger partial charge in [-0.2, -0.15) is 0 Å². The standard InChI is InChI=1S/C21H28O/c1-2-3-4-5-6-7-9-13-19-16-12-17-20(22)21(19)18-14-10-8-11-15-18/h8,10-12,14-17,22H,2-7,9,13H2,1H3. The molecule has 1 heteroatoms. The van der Waals surface area contributed by atoms with Crippen molar-refractivity contribution in [3.05, 3.63) is 54.1 Å². The van der Waals surface area contributed by atoms with Crippen LogP contribution in [0.2, 0.25) is 0 Å². The van der Waals surface area contributed by atoms with Crippen LogP contribution in [-0.2, 0) is 6.42 Å². The zero-order valence-electron chi connectivity index (χ0n) is 13.7. The summed E-state index contributed by atoms with van der Waals surface area (Å²) in [7, 11) is 0. The second kappa shape index (κ2) is 9.30. The van der Waals surface area contributed by atoms with Crippen molar-refractivity contribution in [3.8, 4) is 16.9 Å². The first-order chi connectivity index (χ1) is 10.8. The van der Waals surface area contributed by atoms with Crippen LogP contribution >= 0.6 is 0 Å². The molecule has 0 spiro atoms. The van der Waals surface area contributed by atoms with Gasteiger partial charge in [-0.05, 0) is 30.0 Å². The van der Waals surface area contributed by atoms with Crippen molar-refractivity contribution in [2.24, 2.45) is 0 Å². The fourth-order valence-electron chi connectivity index (χ4n) is 3.01. The molecule has 0 atom stereocenters. The fourth-order valence-corrected chi connectivity index (χ4v) is 3.01. The van der Waals surface area contributed by atoms with Gasteiger partial charge in [0.05, 0.1) is 0 Å². The Morgan fingerprint density at radius 1 is 0.727 bits per heavy atom. The number of phenols is 1. The van der Waals surface area contributed by atoms with Gasteiger partial charge in [-0.25, -0.2) is 0 Å². The molecule has 0 amide bonds. The Bertz CT molecular complexity index is 545. The minimum absolute atomic E-state index is 0.395. The van der Waals surface area contributed by atoms with E-state index < -0.39 is 0 Å². The Labute approximate surface area is 135 Å². The van der Waals surface area contributed by atoms with Crippen LogP contribution in [0.4, 0.5) is 0 Å². The van der Waals surface area contributed by atoms with Gasteiger partial charge in [-0.3, -0.25) is 0 Å². The van der Waals surface area contributed by atoms with Crippen LogP contribution in [-0.4, -0.2) is 5.11 Å². The number of hydrogen-bond donors (Lipinski definition) is 1. The van der Waals surface area contributed by atoms with Crippen molar-refractivity contribution in [1.29, 1.82) is 0 Å². The average Bonchev–Trinajstić information content (AvgIpc) is 2.55. The highest BCUT2D eigenvalue weighted by molar-refractivity contribution is 5.73. The zero-order valence-corrected chi connectivity index (χ0v) is 13.7. The van der Waals surface area contributed by atoms with E-state index >= 15 is 0 Å². The van der Waals surface area contributed by atoms with Crippen LogP contribution in [0.5, 0.6) is 5.75 Å². The predicted molar refractivity (Wildman–Crippen MR) is 95.2 cm³/mol. The maximum atomic E-state index is 10.2. The smallest absolute Gasteiger partial charge is 0.123 e. The third-order valence-corrected chi connectivity index (χ3v) is 4.24. The van der Waals surface area contributed by atoms with Gasteiger partial charge in [-0.1, -0.05) is 87.9 Å². The van der Waals surface area contributed by atoms with Gasteiger partial charge in [0.25, 0.3) is 0 Å². The Balaban J connectivity index is 1.93. The highest BCUT2D eigenvalue weighted by Crippen LogP contribution is 2.33. The molecule has 0 heterocycles. The molecule has 0 fully saturated rings. The first kappa shape index (κ1) is 16.6. The van der Waals surface area contributed by atoms with Crippen LogP contribution in [0.1, 0.15) is 57.4 Å². The Morgan fingerprint density at radius 3 is 2.14 bits per heavy atom. The molecule has 2 aromatic carbocycles. The summed E-state index contributed by atoms with van der Waals surface area (Å²) in [5.41, 5.74) is 3.38. The third kappa shape index (κ3) is 4.91.